The van der Waals surface area contributed by atoms with Crippen LogP contribution in [-0.2, 0) is 14.6 Å². The number of nitrogens with two attached hydrogens (primary N) is 1. The molecule has 112 valence electrons. The Kier molecular flexibility index (Phi) is 6.26. The van der Waals surface area contributed by atoms with E-state index in [1.165, 1.54) is 12.8 Å². The Morgan fingerprint density at radius 1 is 1.32 bits per heavy atom. The molecule has 1 aliphatic carbocycles. The summed E-state index contributed by atoms with van der Waals surface area (Å²) in [5, 5.41) is 2.99. The molecule has 0 bridgehead atoms. The highest BCUT2D eigenvalue weighted by Crippen LogP contribution is 2.22. The number of carbonyl (C=O) groups is 1. The SMILES string of the molecule is CC1CCCCCC1NC(=O)C(N)CCS(C)(=O)=O. The molecular weight excluding hydrogens is 264 g/mol. The van der Waals surface area contributed by atoms with Gasteiger partial charge in [0.15, 0.2) is 0 Å². The monoisotopic (exact) mass is 290 g/mol. The van der Waals surface area contributed by atoms with Gasteiger partial charge in [-0.25, -0.2) is 8.42 Å². The lowest BCUT2D eigenvalue weighted by Gasteiger charge is -2.24. The maximum absolute atomic E-state index is 12.0. The van der Waals surface area contributed by atoms with Gasteiger partial charge in [0.1, 0.15) is 9.84 Å². The molecule has 1 rings (SSSR count). The first-order chi connectivity index (χ1) is 8.79. The lowest BCUT2D eigenvalue weighted by molar-refractivity contribution is -0.123. The smallest absolute Gasteiger partial charge is 0.237 e. The third kappa shape index (κ3) is 6.38. The van der Waals surface area contributed by atoms with Crippen LogP contribution in [0, 0.1) is 5.92 Å². The van der Waals surface area contributed by atoms with Crippen molar-refractivity contribution < 1.29 is 13.2 Å². The van der Waals surface area contributed by atoms with Gasteiger partial charge >= 0.3 is 0 Å². The van der Waals surface area contributed by atoms with Crippen LogP contribution in [0.2, 0.25) is 0 Å². The van der Waals surface area contributed by atoms with Gasteiger partial charge in [0.25, 0.3) is 0 Å². The molecule has 0 aromatic carbocycles. The summed E-state index contributed by atoms with van der Waals surface area (Å²) in [6.07, 6.45) is 7.03. The Morgan fingerprint density at radius 3 is 2.58 bits per heavy atom. The summed E-state index contributed by atoms with van der Waals surface area (Å²) in [7, 11) is -3.06. The van der Waals surface area contributed by atoms with Gasteiger partial charge in [-0.05, 0) is 25.2 Å². The molecule has 1 saturated carbocycles. The van der Waals surface area contributed by atoms with Crippen molar-refractivity contribution in [2.24, 2.45) is 11.7 Å². The predicted molar refractivity (Wildman–Crippen MR) is 76.5 cm³/mol. The van der Waals surface area contributed by atoms with Crippen LogP contribution >= 0.6 is 0 Å². The molecule has 1 amide bonds. The summed E-state index contributed by atoms with van der Waals surface area (Å²) < 4.78 is 22.1. The van der Waals surface area contributed by atoms with Gasteiger partial charge in [0, 0.05) is 12.3 Å². The van der Waals surface area contributed by atoms with Gasteiger partial charge in [-0.15, -0.1) is 0 Å². The van der Waals surface area contributed by atoms with E-state index in [0.29, 0.717) is 5.92 Å². The van der Waals surface area contributed by atoms with Gasteiger partial charge in [-0.2, -0.15) is 0 Å². The Balaban J connectivity index is 2.44. The van der Waals surface area contributed by atoms with Gasteiger partial charge in [-0.1, -0.05) is 26.2 Å². The van der Waals surface area contributed by atoms with E-state index in [9.17, 15) is 13.2 Å². The van der Waals surface area contributed by atoms with Crippen molar-refractivity contribution in [3.8, 4) is 0 Å². The zero-order valence-electron chi connectivity index (χ0n) is 11.9. The Bertz CT molecular complexity index is 395. The van der Waals surface area contributed by atoms with E-state index in [1.807, 2.05) is 0 Å². The highest BCUT2D eigenvalue weighted by atomic mass is 32.2. The maximum Gasteiger partial charge on any atom is 0.237 e. The first kappa shape index (κ1) is 16.4. The third-order valence-electron chi connectivity index (χ3n) is 3.83. The molecule has 0 aromatic heterocycles. The van der Waals surface area contributed by atoms with Gasteiger partial charge < -0.3 is 11.1 Å². The molecule has 3 unspecified atom stereocenters. The van der Waals surface area contributed by atoms with Crippen molar-refractivity contribution in [3.63, 3.8) is 0 Å². The van der Waals surface area contributed by atoms with E-state index in [2.05, 4.69) is 12.2 Å². The quantitative estimate of drug-likeness (QED) is 0.734. The van der Waals surface area contributed by atoms with E-state index in [0.717, 1.165) is 25.5 Å². The second kappa shape index (κ2) is 7.24. The predicted octanol–water partition coefficient (Wildman–Crippen LogP) is 0.833. The fraction of sp³-hybridized carbons (Fsp3) is 0.923. The average Bonchev–Trinajstić information content (AvgIpc) is 2.51. The van der Waals surface area contributed by atoms with Gasteiger partial charge in [-0.3, -0.25) is 4.79 Å². The molecule has 0 saturated heterocycles. The Labute approximate surface area is 116 Å². The van der Waals surface area contributed by atoms with Crippen LogP contribution in [0.3, 0.4) is 0 Å². The summed E-state index contributed by atoms with van der Waals surface area (Å²) in [5.74, 6) is 0.206. The van der Waals surface area contributed by atoms with Crippen LogP contribution in [0.1, 0.15) is 45.4 Å². The molecule has 0 aromatic rings. The molecule has 6 heteroatoms. The molecule has 5 nitrogen and oxygen atoms in total. The van der Waals surface area contributed by atoms with Crippen LogP contribution in [0.4, 0.5) is 0 Å². The Morgan fingerprint density at radius 2 is 1.95 bits per heavy atom. The number of hydrogen-bond acceptors (Lipinski definition) is 4. The molecule has 0 spiro atoms. The van der Waals surface area contributed by atoms with Crippen LogP contribution in [0.25, 0.3) is 0 Å². The van der Waals surface area contributed by atoms with E-state index < -0.39 is 15.9 Å². The van der Waals surface area contributed by atoms with Crippen molar-refractivity contribution in [1.29, 1.82) is 0 Å². The molecular formula is C13H26N2O3S. The van der Waals surface area contributed by atoms with Crippen molar-refractivity contribution >= 4 is 15.7 Å². The number of sulfone groups is 1. The zero-order valence-corrected chi connectivity index (χ0v) is 12.7. The summed E-state index contributed by atoms with van der Waals surface area (Å²) in [4.78, 5) is 12.0. The summed E-state index contributed by atoms with van der Waals surface area (Å²) >= 11 is 0. The van der Waals surface area contributed by atoms with Crippen LogP contribution in [-0.4, -0.2) is 38.4 Å². The summed E-state index contributed by atoms with van der Waals surface area (Å²) in [5.41, 5.74) is 5.75. The number of hydrogen-bond donors (Lipinski definition) is 2. The lowest BCUT2D eigenvalue weighted by Crippen LogP contribution is -2.47. The number of carbonyl (C=O) groups excluding carboxylic acids is 1. The minimum atomic E-state index is -3.06. The molecule has 0 aliphatic heterocycles. The number of amides is 1. The normalized spacial score (nSPS) is 26.5. The van der Waals surface area contributed by atoms with Crippen LogP contribution in [0.15, 0.2) is 0 Å². The molecule has 3 atom stereocenters. The second-order valence-electron chi connectivity index (χ2n) is 5.76. The zero-order chi connectivity index (χ0) is 14.5. The molecule has 1 aliphatic rings. The first-order valence-electron chi connectivity index (χ1n) is 7.03. The van der Waals surface area contributed by atoms with Crippen molar-refractivity contribution in [2.75, 3.05) is 12.0 Å². The van der Waals surface area contributed by atoms with Crippen LogP contribution in [0.5, 0.6) is 0 Å². The van der Waals surface area contributed by atoms with E-state index in [-0.39, 0.29) is 24.1 Å². The van der Waals surface area contributed by atoms with E-state index in [4.69, 9.17) is 5.73 Å². The maximum atomic E-state index is 12.0. The molecule has 0 heterocycles. The van der Waals surface area contributed by atoms with Crippen molar-refractivity contribution in [3.05, 3.63) is 0 Å². The summed E-state index contributed by atoms with van der Waals surface area (Å²) in [6.45, 7) is 2.15. The van der Waals surface area contributed by atoms with Crippen molar-refractivity contribution in [2.45, 2.75) is 57.5 Å². The first-order valence-corrected chi connectivity index (χ1v) is 9.09. The lowest BCUT2D eigenvalue weighted by atomic mass is 9.96. The third-order valence-corrected chi connectivity index (χ3v) is 4.80. The molecule has 3 N–H and O–H groups in total. The second-order valence-corrected chi connectivity index (χ2v) is 8.02. The molecule has 0 radical (unpaired) electrons. The minimum absolute atomic E-state index is 0.0399. The highest BCUT2D eigenvalue weighted by Gasteiger charge is 2.24. The van der Waals surface area contributed by atoms with Crippen LogP contribution < -0.4 is 11.1 Å². The largest absolute Gasteiger partial charge is 0.352 e. The number of nitrogens with one attached hydrogen (secondary N) is 1. The van der Waals surface area contributed by atoms with E-state index >= 15 is 0 Å². The van der Waals surface area contributed by atoms with Crippen molar-refractivity contribution in [1.82, 2.24) is 5.32 Å². The average molecular weight is 290 g/mol. The Hall–Kier alpha value is -0.620. The molecule has 1 fully saturated rings. The fourth-order valence-corrected chi connectivity index (χ4v) is 3.15. The summed E-state index contributed by atoms with van der Waals surface area (Å²) in [6, 6.07) is -0.551. The molecule has 19 heavy (non-hydrogen) atoms. The van der Waals surface area contributed by atoms with Gasteiger partial charge in [0.2, 0.25) is 5.91 Å². The standard InChI is InChI=1S/C13H26N2O3S/c1-10-6-4-3-5-7-12(10)15-13(16)11(14)8-9-19(2,17)18/h10-12H,3-9,14H2,1-2H3,(H,15,16). The number of rotatable bonds is 5. The minimum Gasteiger partial charge on any atom is -0.352 e. The van der Waals surface area contributed by atoms with Gasteiger partial charge in [0.05, 0.1) is 11.8 Å². The fourth-order valence-electron chi connectivity index (χ4n) is 2.47. The topological polar surface area (TPSA) is 89.3 Å². The highest BCUT2D eigenvalue weighted by molar-refractivity contribution is 7.90. The van der Waals surface area contributed by atoms with E-state index in [1.54, 1.807) is 0 Å².